The lowest BCUT2D eigenvalue weighted by Gasteiger charge is -2.15. The molecule has 0 unspecified atom stereocenters. The topological polar surface area (TPSA) is 92.7 Å². The molecule has 8 nitrogen and oxygen atoms in total. The largest absolute Gasteiger partial charge is 0.461 e. The van der Waals surface area contributed by atoms with Gasteiger partial charge in [-0.1, -0.05) is 39.8 Å². The van der Waals surface area contributed by atoms with Gasteiger partial charge in [-0.05, 0) is 56.7 Å². The Morgan fingerprint density at radius 3 is 2.09 bits per heavy atom. The third-order valence-corrected chi connectivity index (χ3v) is 4.42. The average molecular weight is 446 g/mol. The Bertz CT molecular complexity index is 861. The average Bonchev–Trinajstić information content (AvgIpc) is 2.70. The van der Waals surface area contributed by atoms with E-state index in [1.54, 1.807) is 20.8 Å². The van der Waals surface area contributed by atoms with Gasteiger partial charge < -0.3 is 18.9 Å². The summed E-state index contributed by atoms with van der Waals surface area (Å²) in [7, 11) is 0. The third-order valence-electron chi connectivity index (χ3n) is 4.42. The molecule has 0 N–H and O–H groups in total. The number of hydrogen-bond acceptors (Lipinski definition) is 8. The van der Waals surface area contributed by atoms with E-state index in [-0.39, 0.29) is 24.6 Å². The van der Waals surface area contributed by atoms with Crippen LogP contribution < -0.4 is 14.2 Å². The molecule has 1 aromatic heterocycles. The van der Waals surface area contributed by atoms with Gasteiger partial charge in [-0.15, -0.1) is 15.0 Å². The Balaban J connectivity index is 2.11. The van der Waals surface area contributed by atoms with Crippen LogP contribution in [0.2, 0.25) is 0 Å². The number of carbonyl (C=O) groups excluding carboxylic acids is 1. The summed E-state index contributed by atoms with van der Waals surface area (Å²) < 4.78 is 22.2. The van der Waals surface area contributed by atoms with E-state index in [0.717, 1.165) is 6.42 Å². The van der Waals surface area contributed by atoms with Crippen molar-refractivity contribution in [3.8, 4) is 23.8 Å². The fourth-order valence-corrected chi connectivity index (χ4v) is 2.35. The zero-order chi connectivity index (χ0) is 23.7. The van der Waals surface area contributed by atoms with Crippen LogP contribution in [-0.2, 0) is 9.53 Å². The predicted octanol–water partition coefficient (Wildman–Crippen LogP) is 5.18. The van der Waals surface area contributed by atoms with E-state index in [0.29, 0.717) is 30.8 Å². The number of nitrogens with zero attached hydrogens (tertiary/aromatic N) is 3. The van der Waals surface area contributed by atoms with Gasteiger partial charge in [0.15, 0.2) is 0 Å². The van der Waals surface area contributed by atoms with Crippen molar-refractivity contribution in [3.63, 3.8) is 0 Å². The van der Waals surface area contributed by atoms with Crippen LogP contribution in [0.4, 0.5) is 0 Å². The highest BCUT2D eigenvalue weighted by molar-refractivity contribution is 5.77. The summed E-state index contributed by atoms with van der Waals surface area (Å²) in [6.07, 6.45) is 0.978. The molecule has 0 spiro atoms. The van der Waals surface area contributed by atoms with Crippen molar-refractivity contribution in [3.05, 3.63) is 29.8 Å². The molecule has 2 aromatic rings. The van der Waals surface area contributed by atoms with E-state index in [1.165, 1.54) is 5.56 Å². The van der Waals surface area contributed by atoms with Gasteiger partial charge in [0.2, 0.25) is 0 Å². The molecule has 0 aliphatic heterocycles. The van der Waals surface area contributed by atoms with Crippen LogP contribution >= 0.6 is 0 Å². The molecule has 8 heteroatoms. The zero-order valence-corrected chi connectivity index (χ0v) is 20.2. The molecule has 0 amide bonds. The second kappa shape index (κ2) is 11.8. The van der Waals surface area contributed by atoms with E-state index in [4.69, 9.17) is 18.9 Å². The molecule has 0 saturated carbocycles. The summed E-state index contributed by atoms with van der Waals surface area (Å²) in [6, 6.07) is 7.43. The van der Waals surface area contributed by atoms with Gasteiger partial charge in [0.05, 0.1) is 12.0 Å². The summed E-state index contributed by atoms with van der Waals surface area (Å²) in [4.78, 5) is 24.7. The molecule has 0 aliphatic carbocycles. The Morgan fingerprint density at radius 2 is 1.50 bits per heavy atom. The number of benzene rings is 1. The van der Waals surface area contributed by atoms with Gasteiger partial charge in [0, 0.05) is 6.61 Å². The molecule has 0 bridgehead atoms. The number of hydrogen-bond donors (Lipinski definition) is 0. The molecule has 1 aromatic carbocycles. The van der Waals surface area contributed by atoms with Crippen molar-refractivity contribution in [2.45, 2.75) is 60.8 Å². The second-order valence-electron chi connectivity index (χ2n) is 9.29. The zero-order valence-electron chi connectivity index (χ0n) is 20.2. The third kappa shape index (κ3) is 8.78. The number of carbonyl (C=O) groups is 1. The quantitative estimate of drug-likeness (QED) is 0.345. The fraction of sp³-hybridized carbons (Fsp3) is 0.583. The van der Waals surface area contributed by atoms with Gasteiger partial charge in [0.25, 0.3) is 0 Å². The summed E-state index contributed by atoms with van der Waals surface area (Å²) in [5, 5.41) is 0. The molecular weight excluding hydrogens is 410 g/mol. The van der Waals surface area contributed by atoms with Crippen molar-refractivity contribution in [1.29, 1.82) is 0 Å². The molecular formula is C24H35N3O5. The highest BCUT2D eigenvalue weighted by Gasteiger charge is 2.25. The summed E-state index contributed by atoms with van der Waals surface area (Å²) in [5.41, 5.74) is 0.472. The second-order valence-corrected chi connectivity index (χ2v) is 9.29. The molecule has 0 atom stereocenters. The lowest BCUT2D eigenvalue weighted by molar-refractivity contribution is -0.143. The first-order chi connectivity index (χ1) is 15.0. The maximum absolute atomic E-state index is 12.3. The fourth-order valence-electron chi connectivity index (χ4n) is 2.35. The number of aromatic nitrogens is 3. The summed E-state index contributed by atoms with van der Waals surface area (Å²) in [5.74, 6) is 1.07. The van der Waals surface area contributed by atoms with E-state index in [9.17, 15) is 4.79 Å². The van der Waals surface area contributed by atoms with Crippen LogP contribution in [0, 0.1) is 11.3 Å². The van der Waals surface area contributed by atoms with Crippen LogP contribution in [0.15, 0.2) is 24.3 Å². The minimum atomic E-state index is -0.717. The maximum Gasteiger partial charge on any atom is 0.333 e. The van der Waals surface area contributed by atoms with E-state index in [2.05, 4.69) is 42.6 Å². The normalized spacial score (nSPS) is 11.7. The minimum Gasteiger partial charge on any atom is -0.461 e. The van der Waals surface area contributed by atoms with Gasteiger partial charge in [0.1, 0.15) is 12.4 Å². The minimum absolute atomic E-state index is 0.00188. The first-order valence-electron chi connectivity index (χ1n) is 11.0. The van der Waals surface area contributed by atoms with Gasteiger partial charge in [-0.2, -0.15) is 0 Å². The molecule has 0 radical (unpaired) electrons. The van der Waals surface area contributed by atoms with Crippen molar-refractivity contribution in [2.75, 3.05) is 19.8 Å². The molecule has 0 aliphatic rings. The molecule has 32 heavy (non-hydrogen) atoms. The van der Waals surface area contributed by atoms with Crippen LogP contribution in [0.3, 0.4) is 0 Å². The first kappa shape index (κ1) is 25.5. The molecule has 2 rings (SSSR count). The summed E-state index contributed by atoms with van der Waals surface area (Å²) >= 11 is 0. The highest BCUT2D eigenvalue weighted by Crippen LogP contribution is 2.25. The molecule has 1 heterocycles. The predicted molar refractivity (Wildman–Crippen MR) is 121 cm³/mol. The smallest absolute Gasteiger partial charge is 0.333 e. The van der Waals surface area contributed by atoms with E-state index in [1.807, 2.05) is 24.3 Å². The maximum atomic E-state index is 12.3. The van der Waals surface area contributed by atoms with E-state index >= 15 is 0 Å². The lowest BCUT2D eigenvalue weighted by atomic mass is 9.98. The Morgan fingerprint density at radius 1 is 0.875 bits per heavy atom. The van der Waals surface area contributed by atoms with Crippen LogP contribution in [0.1, 0.15) is 66.4 Å². The Hall–Kier alpha value is -2.74. The lowest BCUT2D eigenvalue weighted by Crippen LogP contribution is -2.26. The van der Waals surface area contributed by atoms with Gasteiger partial charge in [-0.3, -0.25) is 4.79 Å². The first-order valence-corrected chi connectivity index (χ1v) is 11.0. The number of ether oxygens (including phenoxy) is 4. The Kier molecular flexibility index (Phi) is 9.38. The SMILES string of the molecule is CC(C)CCOCCOc1nc(OC(=O)C(C)(C)C)nc(Oc2ccc(C(C)C)cc2)n1. The molecule has 0 fully saturated rings. The van der Waals surface area contributed by atoms with Crippen molar-refractivity contribution in [1.82, 2.24) is 15.0 Å². The van der Waals surface area contributed by atoms with Crippen molar-refractivity contribution >= 4 is 5.97 Å². The highest BCUT2D eigenvalue weighted by atomic mass is 16.6. The van der Waals surface area contributed by atoms with Gasteiger partial charge >= 0.3 is 24.0 Å². The van der Waals surface area contributed by atoms with Crippen LogP contribution in [0.25, 0.3) is 0 Å². The van der Waals surface area contributed by atoms with Crippen molar-refractivity contribution < 1.29 is 23.7 Å². The Labute approximate surface area is 190 Å². The van der Waals surface area contributed by atoms with Crippen LogP contribution in [-0.4, -0.2) is 40.7 Å². The van der Waals surface area contributed by atoms with E-state index < -0.39 is 11.4 Å². The van der Waals surface area contributed by atoms with Crippen molar-refractivity contribution in [2.24, 2.45) is 11.3 Å². The molecule has 0 saturated heterocycles. The number of esters is 1. The monoisotopic (exact) mass is 445 g/mol. The van der Waals surface area contributed by atoms with Gasteiger partial charge in [-0.25, -0.2) is 0 Å². The number of rotatable bonds is 11. The molecule has 176 valence electrons. The summed E-state index contributed by atoms with van der Waals surface area (Å²) in [6.45, 7) is 15.1. The standard InChI is InChI=1S/C24H35N3O5/c1-16(2)12-13-29-14-15-30-21-25-22(27-23(26-21)32-20(28)24(5,6)7)31-19-10-8-18(9-11-19)17(3)4/h8-11,16-17H,12-15H2,1-7H3. The van der Waals surface area contributed by atoms with Crippen LogP contribution in [0.5, 0.6) is 23.8 Å².